The van der Waals surface area contributed by atoms with Gasteiger partial charge < -0.3 is 15.2 Å². The number of aromatic nitrogens is 3. The summed E-state index contributed by atoms with van der Waals surface area (Å²) in [5.74, 6) is -0.462. The highest BCUT2D eigenvalue weighted by Crippen LogP contribution is 2.18. The lowest BCUT2D eigenvalue weighted by Gasteiger charge is -2.09. The topological polar surface area (TPSA) is 75.9 Å². The second-order valence-electron chi connectivity index (χ2n) is 4.09. The lowest BCUT2D eigenvalue weighted by Crippen LogP contribution is -2.11. The fourth-order valence-electron chi connectivity index (χ4n) is 1.62. The maximum Gasteiger partial charge on any atom is 0.223 e. The summed E-state index contributed by atoms with van der Waals surface area (Å²) in [6.07, 6.45) is 0.451. The van der Waals surface area contributed by atoms with Gasteiger partial charge in [-0.3, -0.25) is 0 Å². The molecule has 2 N–H and O–H groups in total. The highest BCUT2D eigenvalue weighted by molar-refractivity contribution is 5.47. The van der Waals surface area contributed by atoms with Crippen LogP contribution in [0.5, 0.6) is 0 Å². The lowest BCUT2D eigenvalue weighted by atomic mass is 10.3. The molecule has 20 heavy (non-hydrogen) atoms. The Morgan fingerprint density at radius 2 is 1.85 bits per heavy atom. The van der Waals surface area contributed by atoms with E-state index in [9.17, 15) is 8.78 Å². The summed E-state index contributed by atoms with van der Waals surface area (Å²) in [7, 11) is 0. The summed E-state index contributed by atoms with van der Waals surface area (Å²) in [5, 5.41) is 9.22. The maximum atomic E-state index is 13.6. The summed E-state index contributed by atoms with van der Waals surface area (Å²) >= 11 is 0. The number of pyridine rings is 1. The first-order valence-corrected chi connectivity index (χ1v) is 6.23. The molecule has 6 nitrogen and oxygen atoms in total. The summed E-state index contributed by atoms with van der Waals surface area (Å²) in [4.78, 5) is 7.88. The van der Waals surface area contributed by atoms with E-state index < -0.39 is 11.6 Å². The number of halogens is 2. The zero-order valence-electron chi connectivity index (χ0n) is 11.2. The van der Waals surface area contributed by atoms with Crippen LogP contribution in [0.25, 0.3) is 0 Å². The third-order valence-electron chi connectivity index (χ3n) is 2.48. The molecule has 2 rings (SSSR count). The Morgan fingerprint density at radius 3 is 2.45 bits per heavy atom. The van der Waals surface area contributed by atoms with Crippen molar-refractivity contribution in [2.45, 2.75) is 20.3 Å². The van der Waals surface area contributed by atoms with Crippen LogP contribution < -0.4 is 10.6 Å². The van der Waals surface area contributed by atoms with Gasteiger partial charge in [0.15, 0.2) is 29.1 Å². The molecule has 0 aliphatic rings. The molecular weight excluding hydrogens is 268 g/mol. The molecule has 0 aromatic carbocycles. The van der Waals surface area contributed by atoms with E-state index in [1.165, 1.54) is 0 Å². The van der Waals surface area contributed by atoms with Crippen LogP contribution in [0.2, 0.25) is 0 Å². The molecule has 8 heteroatoms. The van der Waals surface area contributed by atoms with Gasteiger partial charge in [0.2, 0.25) is 5.89 Å². The van der Waals surface area contributed by atoms with Crippen LogP contribution in [0, 0.1) is 18.6 Å². The summed E-state index contributed by atoms with van der Waals surface area (Å²) in [6, 6.07) is 0.797. The van der Waals surface area contributed by atoms with Crippen molar-refractivity contribution in [3.8, 4) is 0 Å². The zero-order valence-corrected chi connectivity index (χ0v) is 11.2. The zero-order chi connectivity index (χ0) is 14.5. The van der Waals surface area contributed by atoms with Crippen molar-refractivity contribution in [3.63, 3.8) is 0 Å². The van der Waals surface area contributed by atoms with Gasteiger partial charge in [0.05, 0.1) is 0 Å². The molecular formula is C12H15F2N5O. The fraction of sp³-hybridized carbons (Fsp3) is 0.417. The second-order valence-corrected chi connectivity index (χ2v) is 4.09. The highest BCUT2D eigenvalue weighted by Gasteiger charge is 2.11. The van der Waals surface area contributed by atoms with Crippen LogP contribution in [0.4, 0.5) is 20.4 Å². The van der Waals surface area contributed by atoms with Gasteiger partial charge in [-0.05, 0) is 6.92 Å². The second kappa shape index (κ2) is 6.27. The molecule has 0 saturated heterocycles. The van der Waals surface area contributed by atoms with Gasteiger partial charge in [0, 0.05) is 32.5 Å². The van der Waals surface area contributed by atoms with Gasteiger partial charge in [0.1, 0.15) is 0 Å². The maximum absolute atomic E-state index is 13.6. The van der Waals surface area contributed by atoms with Gasteiger partial charge in [0.25, 0.3) is 0 Å². The Morgan fingerprint density at radius 1 is 1.15 bits per heavy atom. The molecule has 0 amide bonds. The van der Waals surface area contributed by atoms with Crippen molar-refractivity contribution in [3.05, 3.63) is 29.4 Å². The Balaban J connectivity index is 1.99. The average molecular weight is 283 g/mol. The van der Waals surface area contributed by atoms with E-state index >= 15 is 0 Å². The van der Waals surface area contributed by atoms with Crippen molar-refractivity contribution in [2.24, 2.45) is 0 Å². The van der Waals surface area contributed by atoms with Crippen LogP contribution in [0.1, 0.15) is 18.6 Å². The lowest BCUT2D eigenvalue weighted by molar-refractivity contribution is 0.387. The van der Waals surface area contributed by atoms with Gasteiger partial charge in [-0.25, -0.2) is 13.8 Å². The number of hydrogen-bond acceptors (Lipinski definition) is 6. The number of aryl methyl sites for hydroxylation is 1. The molecule has 0 fully saturated rings. The number of hydrogen-bond donors (Lipinski definition) is 2. The monoisotopic (exact) mass is 283 g/mol. The number of anilines is 2. The quantitative estimate of drug-likeness (QED) is 0.846. The van der Waals surface area contributed by atoms with E-state index in [4.69, 9.17) is 4.52 Å². The van der Waals surface area contributed by atoms with Crippen molar-refractivity contribution >= 4 is 11.6 Å². The Labute approximate surface area is 114 Å². The van der Waals surface area contributed by atoms with Gasteiger partial charge >= 0.3 is 0 Å². The molecule has 2 heterocycles. The van der Waals surface area contributed by atoms with Crippen LogP contribution >= 0.6 is 0 Å². The predicted molar refractivity (Wildman–Crippen MR) is 69.5 cm³/mol. The summed E-state index contributed by atoms with van der Waals surface area (Å²) in [5.41, 5.74) is 0. The standard InChI is InChI=1S/C12H15F2N5O/c1-3-15-11-8(13)6-9(14)12(18-11)16-5-4-10-17-7(2)20-19-10/h6H,3-5H2,1-2H3,(H2,15,16,18). The molecule has 0 aliphatic carbocycles. The molecule has 108 valence electrons. The van der Waals surface area contributed by atoms with Gasteiger partial charge in [-0.15, -0.1) is 0 Å². The van der Waals surface area contributed by atoms with Crippen LogP contribution in [0.3, 0.4) is 0 Å². The van der Waals surface area contributed by atoms with Crippen LogP contribution in [-0.2, 0) is 6.42 Å². The first-order chi connectivity index (χ1) is 9.60. The minimum Gasteiger partial charge on any atom is -0.368 e. The van der Waals surface area contributed by atoms with Crippen molar-refractivity contribution < 1.29 is 13.3 Å². The molecule has 0 aliphatic heterocycles. The Bertz CT molecular complexity index is 587. The first kappa shape index (κ1) is 14.2. The number of nitrogens with zero attached hydrogens (tertiary/aromatic N) is 3. The van der Waals surface area contributed by atoms with Crippen molar-refractivity contribution in [1.82, 2.24) is 15.1 Å². The average Bonchev–Trinajstić information content (AvgIpc) is 2.81. The minimum atomic E-state index is -0.742. The van der Waals surface area contributed by atoms with E-state index in [-0.39, 0.29) is 11.6 Å². The molecule has 0 radical (unpaired) electrons. The molecule has 2 aromatic heterocycles. The van der Waals surface area contributed by atoms with E-state index in [0.717, 1.165) is 6.07 Å². The summed E-state index contributed by atoms with van der Waals surface area (Å²) < 4.78 is 31.8. The highest BCUT2D eigenvalue weighted by atomic mass is 19.1. The first-order valence-electron chi connectivity index (χ1n) is 6.23. The van der Waals surface area contributed by atoms with E-state index in [1.54, 1.807) is 13.8 Å². The summed E-state index contributed by atoms with van der Waals surface area (Å²) in [6.45, 7) is 4.35. The van der Waals surface area contributed by atoms with E-state index in [0.29, 0.717) is 31.2 Å². The van der Waals surface area contributed by atoms with Crippen LogP contribution in [0.15, 0.2) is 10.6 Å². The molecule has 0 spiro atoms. The van der Waals surface area contributed by atoms with Crippen molar-refractivity contribution in [2.75, 3.05) is 23.7 Å². The largest absolute Gasteiger partial charge is 0.368 e. The predicted octanol–water partition coefficient (Wildman–Crippen LogP) is 2.14. The number of nitrogens with one attached hydrogen (secondary N) is 2. The smallest absolute Gasteiger partial charge is 0.223 e. The third-order valence-corrected chi connectivity index (χ3v) is 2.48. The van der Waals surface area contributed by atoms with Gasteiger partial charge in [-0.2, -0.15) is 4.98 Å². The van der Waals surface area contributed by atoms with E-state index in [1.807, 2.05) is 0 Å². The molecule has 0 unspecified atom stereocenters. The Hall–Kier alpha value is -2.25. The van der Waals surface area contributed by atoms with Crippen molar-refractivity contribution in [1.29, 1.82) is 0 Å². The third kappa shape index (κ3) is 3.40. The van der Waals surface area contributed by atoms with E-state index in [2.05, 4.69) is 25.8 Å². The molecule has 0 bridgehead atoms. The fourth-order valence-corrected chi connectivity index (χ4v) is 1.62. The van der Waals surface area contributed by atoms with Crippen LogP contribution in [-0.4, -0.2) is 28.2 Å². The number of rotatable bonds is 6. The van der Waals surface area contributed by atoms with Gasteiger partial charge in [-0.1, -0.05) is 5.16 Å². The normalized spacial score (nSPS) is 10.6. The SMILES string of the molecule is CCNc1nc(NCCc2noc(C)n2)c(F)cc1F. The molecule has 2 aromatic rings. The minimum absolute atomic E-state index is 0.0115. The molecule has 0 saturated carbocycles. The Kier molecular flexibility index (Phi) is 4.44. The molecule has 0 atom stereocenters.